The van der Waals surface area contributed by atoms with Gasteiger partial charge in [-0.25, -0.2) is 0 Å². The summed E-state index contributed by atoms with van der Waals surface area (Å²) in [6, 6.07) is 0.0710. The van der Waals surface area contributed by atoms with Gasteiger partial charge in [-0.05, 0) is 20.8 Å². The molecule has 0 fully saturated rings. The highest BCUT2D eigenvalue weighted by atomic mass is 16.2. The maximum Gasteiger partial charge on any atom is 0.257 e. The lowest BCUT2D eigenvalue weighted by Gasteiger charge is -2.17. The number of aryl methyl sites for hydroxylation is 1. The summed E-state index contributed by atoms with van der Waals surface area (Å²) in [7, 11) is 1.59. The van der Waals surface area contributed by atoms with Crippen LogP contribution in [0.25, 0.3) is 0 Å². The van der Waals surface area contributed by atoms with E-state index < -0.39 is 0 Å². The van der Waals surface area contributed by atoms with Crippen molar-refractivity contribution in [2.24, 2.45) is 0 Å². The second kappa shape index (κ2) is 5.47. The van der Waals surface area contributed by atoms with E-state index in [0.717, 1.165) is 0 Å². The van der Waals surface area contributed by atoms with Gasteiger partial charge in [0.2, 0.25) is 5.91 Å². The molecule has 0 aliphatic carbocycles. The summed E-state index contributed by atoms with van der Waals surface area (Å²) in [5, 5.41) is 9.20. The van der Waals surface area contributed by atoms with E-state index in [1.165, 1.54) is 11.1 Å². The number of carbonyl (C=O) groups is 2. The zero-order valence-corrected chi connectivity index (χ0v) is 10.6. The lowest BCUT2D eigenvalue weighted by Crippen LogP contribution is -2.40. The Labute approximate surface area is 100 Å². The van der Waals surface area contributed by atoms with Crippen molar-refractivity contribution in [3.8, 4) is 0 Å². The maximum absolute atomic E-state index is 11.9. The van der Waals surface area contributed by atoms with Gasteiger partial charge in [-0.1, -0.05) is 0 Å². The number of likely N-dealkylation sites (N-methyl/N-ethyl adjacent to an activating group) is 1. The topological polar surface area (TPSA) is 78.1 Å². The van der Waals surface area contributed by atoms with Crippen molar-refractivity contribution in [3.63, 3.8) is 0 Å². The largest absolute Gasteiger partial charge is 0.352 e. The van der Waals surface area contributed by atoms with Gasteiger partial charge in [0.15, 0.2) is 0 Å². The summed E-state index contributed by atoms with van der Waals surface area (Å²) in [5.74, 6) is -0.382. The van der Waals surface area contributed by atoms with Crippen LogP contribution in [0.5, 0.6) is 0 Å². The molecule has 0 unspecified atom stereocenters. The Hall–Kier alpha value is -1.85. The first kappa shape index (κ1) is 13.2. The van der Waals surface area contributed by atoms with E-state index in [1.807, 2.05) is 13.8 Å². The molecule has 6 heteroatoms. The van der Waals surface area contributed by atoms with Crippen LogP contribution in [0, 0.1) is 6.92 Å². The van der Waals surface area contributed by atoms with Crippen LogP contribution in [0.3, 0.4) is 0 Å². The van der Waals surface area contributed by atoms with Crippen LogP contribution in [-0.2, 0) is 4.79 Å². The second-order valence-electron chi connectivity index (χ2n) is 4.29. The molecule has 17 heavy (non-hydrogen) atoms. The summed E-state index contributed by atoms with van der Waals surface area (Å²) in [4.78, 5) is 24.8. The van der Waals surface area contributed by atoms with Gasteiger partial charge in [-0.2, -0.15) is 5.10 Å². The first-order valence-electron chi connectivity index (χ1n) is 5.46. The van der Waals surface area contributed by atoms with E-state index in [9.17, 15) is 9.59 Å². The van der Waals surface area contributed by atoms with E-state index in [-0.39, 0.29) is 24.4 Å². The monoisotopic (exact) mass is 238 g/mol. The van der Waals surface area contributed by atoms with Gasteiger partial charge in [-0.3, -0.25) is 14.7 Å². The molecule has 0 aromatic carbocycles. The van der Waals surface area contributed by atoms with Crippen molar-refractivity contribution in [3.05, 3.63) is 17.5 Å². The molecule has 2 amide bonds. The predicted octanol–water partition coefficient (Wildman–Crippen LogP) is 0.315. The first-order valence-corrected chi connectivity index (χ1v) is 5.46. The van der Waals surface area contributed by atoms with Gasteiger partial charge >= 0.3 is 0 Å². The SMILES string of the molecule is Cc1[nH]ncc1C(=O)N(C)CC(=O)NC(C)C. The van der Waals surface area contributed by atoms with Crippen LogP contribution in [0.15, 0.2) is 6.20 Å². The third kappa shape index (κ3) is 3.58. The Bertz CT molecular complexity index is 411. The molecular formula is C11H18N4O2. The fraction of sp³-hybridized carbons (Fsp3) is 0.545. The van der Waals surface area contributed by atoms with Crippen molar-refractivity contribution < 1.29 is 9.59 Å². The maximum atomic E-state index is 11.9. The smallest absolute Gasteiger partial charge is 0.257 e. The molecular weight excluding hydrogens is 220 g/mol. The highest BCUT2D eigenvalue weighted by Crippen LogP contribution is 2.05. The number of aromatic amines is 1. The van der Waals surface area contributed by atoms with Gasteiger partial charge in [0.1, 0.15) is 0 Å². The van der Waals surface area contributed by atoms with E-state index >= 15 is 0 Å². The molecule has 1 aromatic rings. The Morgan fingerprint density at radius 2 is 2.18 bits per heavy atom. The standard InChI is InChI=1S/C11H18N4O2/c1-7(2)13-10(16)6-15(4)11(17)9-5-12-14-8(9)3/h5,7H,6H2,1-4H3,(H,12,14)(H,13,16). The molecule has 0 atom stereocenters. The van der Waals surface area contributed by atoms with Gasteiger partial charge in [-0.15, -0.1) is 0 Å². The Morgan fingerprint density at radius 3 is 2.65 bits per heavy atom. The van der Waals surface area contributed by atoms with Gasteiger partial charge in [0.05, 0.1) is 18.3 Å². The number of carbonyl (C=O) groups excluding carboxylic acids is 2. The second-order valence-corrected chi connectivity index (χ2v) is 4.29. The molecule has 0 bridgehead atoms. The first-order chi connectivity index (χ1) is 7.91. The van der Waals surface area contributed by atoms with Crippen LogP contribution in [0.2, 0.25) is 0 Å². The molecule has 1 rings (SSSR count). The zero-order chi connectivity index (χ0) is 13.0. The molecule has 2 N–H and O–H groups in total. The van der Waals surface area contributed by atoms with E-state index in [0.29, 0.717) is 11.3 Å². The van der Waals surface area contributed by atoms with Crippen LogP contribution >= 0.6 is 0 Å². The number of nitrogens with one attached hydrogen (secondary N) is 2. The van der Waals surface area contributed by atoms with Crippen LogP contribution < -0.4 is 5.32 Å². The number of H-pyrrole nitrogens is 1. The number of rotatable bonds is 4. The van der Waals surface area contributed by atoms with Crippen LogP contribution in [0.4, 0.5) is 0 Å². The third-order valence-corrected chi connectivity index (χ3v) is 2.24. The van der Waals surface area contributed by atoms with E-state index in [1.54, 1.807) is 14.0 Å². The molecule has 0 radical (unpaired) electrons. The molecule has 1 aromatic heterocycles. The minimum atomic E-state index is -0.213. The molecule has 0 saturated heterocycles. The highest BCUT2D eigenvalue weighted by Gasteiger charge is 2.18. The van der Waals surface area contributed by atoms with E-state index in [4.69, 9.17) is 0 Å². The highest BCUT2D eigenvalue weighted by molar-refractivity contribution is 5.96. The van der Waals surface area contributed by atoms with Crippen molar-refractivity contribution in [1.29, 1.82) is 0 Å². The normalized spacial score (nSPS) is 10.4. The average Bonchev–Trinajstić information content (AvgIpc) is 2.61. The lowest BCUT2D eigenvalue weighted by molar-refractivity contribution is -0.122. The van der Waals surface area contributed by atoms with Gasteiger partial charge in [0, 0.05) is 18.8 Å². The number of aromatic nitrogens is 2. The fourth-order valence-electron chi connectivity index (χ4n) is 1.43. The Kier molecular flexibility index (Phi) is 4.25. The summed E-state index contributed by atoms with van der Waals surface area (Å²) < 4.78 is 0. The molecule has 6 nitrogen and oxygen atoms in total. The molecule has 0 saturated carbocycles. The molecule has 0 spiro atoms. The average molecular weight is 238 g/mol. The molecule has 0 aliphatic rings. The van der Waals surface area contributed by atoms with Crippen molar-refractivity contribution >= 4 is 11.8 Å². The quantitative estimate of drug-likeness (QED) is 0.792. The Morgan fingerprint density at radius 1 is 1.53 bits per heavy atom. The molecule has 0 aliphatic heterocycles. The van der Waals surface area contributed by atoms with Crippen LogP contribution in [-0.4, -0.2) is 46.5 Å². The predicted molar refractivity (Wildman–Crippen MR) is 63.6 cm³/mol. The minimum Gasteiger partial charge on any atom is -0.352 e. The number of hydrogen-bond acceptors (Lipinski definition) is 3. The number of amides is 2. The minimum absolute atomic E-state index is 0.0433. The van der Waals surface area contributed by atoms with Crippen molar-refractivity contribution in [1.82, 2.24) is 20.4 Å². The molecule has 1 heterocycles. The summed E-state index contributed by atoms with van der Waals surface area (Å²) >= 11 is 0. The van der Waals surface area contributed by atoms with Crippen molar-refractivity contribution in [2.75, 3.05) is 13.6 Å². The summed E-state index contributed by atoms with van der Waals surface area (Å²) in [5.41, 5.74) is 1.19. The third-order valence-electron chi connectivity index (χ3n) is 2.24. The summed E-state index contributed by atoms with van der Waals surface area (Å²) in [6.45, 7) is 5.56. The zero-order valence-electron chi connectivity index (χ0n) is 10.6. The van der Waals surface area contributed by atoms with Crippen LogP contribution in [0.1, 0.15) is 29.9 Å². The Balaban J connectivity index is 2.59. The number of nitrogens with zero attached hydrogens (tertiary/aromatic N) is 2. The van der Waals surface area contributed by atoms with Crippen molar-refractivity contribution in [2.45, 2.75) is 26.8 Å². The lowest BCUT2D eigenvalue weighted by atomic mass is 10.2. The van der Waals surface area contributed by atoms with E-state index in [2.05, 4.69) is 15.5 Å². The molecule has 94 valence electrons. The van der Waals surface area contributed by atoms with Gasteiger partial charge in [0.25, 0.3) is 5.91 Å². The fourth-order valence-corrected chi connectivity index (χ4v) is 1.43. The van der Waals surface area contributed by atoms with Gasteiger partial charge < -0.3 is 10.2 Å². The summed E-state index contributed by atoms with van der Waals surface area (Å²) in [6.07, 6.45) is 1.47. The number of hydrogen-bond donors (Lipinski definition) is 2.